The average Bonchev–Trinajstić information content (AvgIpc) is 2.58. The number of hydrogen-bond acceptors (Lipinski definition) is 5. The maximum absolute atomic E-state index is 10.8. The van der Waals surface area contributed by atoms with Crippen LogP contribution in [0, 0.1) is 0 Å². The summed E-state index contributed by atoms with van der Waals surface area (Å²) in [6.45, 7) is 0.519. The molecule has 0 radical (unpaired) electrons. The number of carbonyl (C=O) groups excluding carboxylic acids is 1. The summed E-state index contributed by atoms with van der Waals surface area (Å²) < 4.78 is 0. The van der Waals surface area contributed by atoms with Gasteiger partial charge >= 0.3 is 5.97 Å². The molecule has 0 saturated heterocycles. The highest BCUT2D eigenvalue weighted by molar-refractivity contribution is 5.91. The summed E-state index contributed by atoms with van der Waals surface area (Å²) in [6.07, 6.45) is 2.33. The summed E-state index contributed by atoms with van der Waals surface area (Å²) in [7, 11) is 0. The van der Waals surface area contributed by atoms with Gasteiger partial charge in [0.1, 0.15) is 18.9 Å². The summed E-state index contributed by atoms with van der Waals surface area (Å²) in [5.41, 5.74) is 7.98. The van der Waals surface area contributed by atoms with E-state index in [9.17, 15) is 9.59 Å². The molecule has 1 aliphatic rings. The van der Waals surface area contributed by atoms with E-state index in [2.05, 4.69) is 10.4 Å². The minimum atomic E-state index is -0.962. The van der Waals surface area contributed by atoms with Crippen LogP contribution in [0.15, 0.2) is 4.99 Å². The number of carbonyl (C=O) groups is 2. The Morgan fingerprint density at radius 1 is 1.80 bits per heavy atom. The van der Waals surface area contributed by atoms with Crippen molar-refractivity contribution in [3.8, 4) is 0 Å². The molecule has 0 fully saturated rings. The molecule has 0 aromatic heterocycles. The number of nitrogens with one attached hydrogen (secondary N) is 1. The van der Waals surface area contributed by atoms with E-state index in [1.54, 1.807) is 0 Å². The maximum Gasteiger partial charge on any atom is 0.322 e. The summed E-state index contributed by atoms with van der Waals surface area (Å²) >= 11 is 0. The fraction of sp³-hybridized carbons (Fsp3) is 0.625. The summed E-state index contributed by atoms with van der Waals surface area (Å²) in [6, 6.07) is -0.731. The van der Waals surface area contributed by atoms with E-state index in [0.29, 0.717) is 19.4 Å². The first-order chi connectivity index (χ1) is 7.13. The molecule has 7 heteroatoms. The molecule has 7 nitrogen and oxygen atoms in total. The average molecular weight is 214 g/mol. The van der Waals surface area contributed by atoms with Gasteiger partial charge < -0.3 is 10.8 Å². The third-order valence-corrected chi connectivity index (χ3v) is 1.96. The predicted molar refractivity (Wildman–Crippen MR) is 53.1 cm³/mol. The van der Waals surface area contributed by atoms with Gasteiger partial charge in [-0.15, -0.1) is 0 Å². The highest BCUT2D eigenvalue weighted by Gasteiger charge is 2.22. The molecule has 1 aliphatic heterocycles. The Morgan fingerprint density at radius 3 is 3.00 bits per heavy atom. The van der Waals surface area contributed by atoms with Crippen molar-refractivity contribution in [2.75, 3.05) is 13.1 Å². The van der Waals surface area contributed by atoms with Crippen molar-refractivity contribution in [3.63, 3.8) is 0 Å². The van der Waals surface area contributed by atoms with Crippen LogP contribution in [0.2, 0.25) is 0 Å². The second kappa shape index (κ2) is 5.42. The lowest BCUT2D eigenvalue weighted by Gasteiger charge is -2.20. The van der Waals surface area contributed by atoms with Crippen LogP contribution in [0.3, 0.4) is 0 Å². The monoisotopic (exact) mass is 214 g/mol. The van der Waals surface area contributed by atoms with E-state index >= 15 is 0 Å². The molecule has 1 atom stereocenters. The molecule has 1 heterocycles. The van der Waals surface area contributed by atoms with Gasteiger partial charge in [0.2, 0.25) is 0 Å². The Balaban J connectivity index is 2.41. The molecule has 4 N–H and O–H groups in total. The first kappa shape index (κ1) is 11.6. The molecule has 0 spiro atoms. The van der Waals surface area contributed by atoms with Gasteiger partial charge in [-0.25, -0.2) is 10.4 Å². The van der Waals surface area contributed by atoms with Crippen LogP contribution >= 0.6 is 0 Å². The Labute approximate surface area is 86.9 Å². The Kier molecular flexibility index (Phi) is 4.19. The normalized spacial score (nSPS) is 17.1. The number of carboxylic acids is 1. The van der Waals surface area contributed by atoms with Crippen LogP contribution in [0.25, 0.3) is 0 Å². The van der Waals surface area contributed by atoms with Crippen molar-refractivity contribution < 1.29 is 14.7 Å². The summed E-state index contributed by atoms with van der Waals surface area (Å²) in [5, 5.41) is 10.2. The SMILES string of the molecule is NCCC[C@H](NN1C=NC(=O)C1)C(=O)O. The fourth-order valence-corrected chi connectivity index (χ4v) is 1.21. The minimum absolute atomic E-state index is 0.0758. The van der Waals surface area contributed by atoms with E-state index in [4.69, 9.17) is 10.8 Å². The number of nitrogens with two attached hydrogens (primary N) is 1. The smallest absolute Gasteiger partial charge is 0.322 e. The van der Waals surface area contributed by atoms with Gasteiger partial charge in [0.15, 0.2) is 0 Å². The Bertz CT molecular complexity index is 279. The molecule has 15 heavy (non-hydrogen) atoms. The minimum Gasteiger partial charge on any atom is -0.480 e. The van der Waals surface area contributed by atoms with Crippen molar-refractivity contribution in [3.05, 3.63) is 0 Å². The number of hydrazine groups is 1. The molecular weight excluding hydrogens is 200 g/mol. The number of hydrogen-bond donors (Lipinski definition) is 3. The molecule has 1 amide bonds. The standard InChI is InChI=1S/C8H14N4O3/c9-3-1-2-6(8(14)15)11-12-4-7(13)10-5-12/h5-6,11H,1-4,9H2,(H,14,15)/t6-/m0/s1. The molecular formula is C8H14N4O3. The van der Waals surface area contributed by atoms with E-state index in [1.165, 1.54) is 11.3 Å². The van der Waals surface area contributed by atoms with Crippen molar-refractivity contribution in [1.82, 2.24) is 10.4 Å². The van der Waals surface area contributed by atoms with Crippen LogP contribution in [-0.4, -0.2) is 47.5 Å². The van der Waals surface area contributed by atoms with E-state index in [0.717, 1.165) is 0 Å². The van der Waals surface area contributed by atoms with Gasteiger partial charge in [-0.05, 0) is 19.4 Å². The second-order valence-electron chi connectivity index (χ2n) is 3.22. The Morgan fingerprint density at radius 2 is 2.53 bits per heavy atom. The zero-order valence-electron chi connectivity index (χ0n) is 8.22. The molecule has 0 aliphatic carbocycles. The van der Waals surface area contributed by atoms with Crippen LogP contribution in [0.5, 0.6) is 0 Å². The number of rotatable bonds is 6. The van der Waals surface area contributed by atoms with E-state index in [-0.39, 0.29) is 12.5 Å². The fourth-order valence-electron chi connectivity index (χ4n) is 1.21. The van der Waals surface area contributed by atoms with Gasteiger partial charge in [0, 0.05) is 0 Å². The first-order valence-corrected chi connectivity index (χ1v) is 4.66. The van der Waals surface area contributed by atoms with Crippen molar-refractivity contribution in [2.24, 2.45) is 10.7 Å². The molecule has 0 unspecified atom stereocenters. The molecule has 0 aromatic rings. The van der Waals surface area contributed by atoms with Gasteiger partial charge in [-0.3, -0.25) is 14.6 Å². The number of aliphatic carboxylic acids is 1. The van der Waals surface area contributed by atoms with Gasteiger partial charge in [0.25, 0.3) is 5.91 Å². The predicted octanol–water partition coefficient (Wildman–Crippen LogP) is -1.45. The number of amides is 1. The lowest BCUT2D eigenvalue weighted by Crippen LogP contribution is -2.47. The highest BCUT2D eigenvalue weighted by Crippen LogP contribution is 2.00. The van der Waals surface area contributed by atoms with Crippen molar-refractivity contribution in [1.29, 1.82) is 0 Å². The van der Waals surface area contributed by atoms with Crippen molar-refractivity contribution >= 4 is 18.2 Å². The number of carboxylic acid groups (broad SMARTS) is 1. The van der Waals surface area contributed by atoms with Crippen LogP contribution in [-0.2, 0) is 9.59 Å². The third-order valence-electron chi connectivity index (χ3n) is 1.96. The van der Waals surface area contributed by atoms with E-state index < -0.39 is 12.0 Å². The quantitative estimate of drug-likeness (QED) is 0.499. The molecule has 1 rings (SSSR count). The summed E-state index contributed by atoms with van der Waals surface area (Å²) in [5.74, 6) is -1.25. The molecule has 0 aromatic carbocycles. The van der Waals surface area contributed by atoms with Crippen LogP contribution < -0.4 is 11.2 Å². The zero-order valence-corrected chi connectivity index (χ0v) is 8.22. The Hall–Kier alpha value is -1.47. The van der Waals surface area contributed by atoms with Crippen LogP contribution in [0.1, 0.15) is 12.8 Å². The highest BCUT2D eigenvalue weighted by atomic mass is 16.4. The van der Waals surface area contributed by atoms with Gasteiger partial charge in [0.05, 0.1) is 0 Å². The lowest BCUT2D eigenvalue weighted by atomic mass is 10.2. The molecule has 0 bridgehead atoms. The van der Waals surface area contributed by atoms with Crippen molar-refractivity contribution in [2.45, 2.75) is 18.9 Å². The van der Waals surface area contributed by atoms with Crippen LogP contribution in [0.4, 0.5) is 0 Å². The van der Waals surface area contributed by atoms with Gasteiger partial charge in [-0.1, -0.05) is 0 Å². The van der Waals surface area contributed by atoms with E-state index in [1.807, 2.05) is 0 Å². The number of nitrogens with zero attached hydrogens (tertiary/aromatic N) is 2. The second-order valence-corrected chi connectivity index (χ2v) is 3.22. The third kappa shape index (κ3) is 3.64. The topological polar surface area (TPSA) is 108 Å². The van der Waals surface area contributed by atoms with Gasteiger partial charge in [-0.2, -0.15) is 0 Å². The maximum atomic E-state index is 10.8. The number of aliphatic imine (C=N–C) groups is 1. The lowest BCUT2D eigenvalue weighted by molar-refractivity contribution is -0.141. The zero-order chi connectivity index (χ0) is 11.3. The summed E-state index contributed by atoms with van der Waals surface area (Å²) in [4.78, 5) is 25.1. The first-order valence-electron chi connectivity index (χ1n) is 4.66. The molecule has 0 saturated carbocycles. The largest absolute Gasteiger partial charge is 0.480 e. The molecule has 84 valence electrons.